The predicted molar refractivity (Wildman–Crippen MR) is 79.9 cm³/mol. The minimum absolute atomic E-state index is 0.356. The Morgan fingerprint density at radius 3 is 2.55 bits per heavy atom. The summed E-state index contributed by atoms with van der Waals surface area (Å²) in [6, 6.07) is 13.0. The van der Waals surface area contributed by atoms with Gasteiger partial charge in [-0.3, -0.25) is 0 Å². The molecule has 0 N–H and O–H groups in total. The van der Waals surface area contributed by atoms with Crippen LogP contribution in [0.4, 0.5) is 0 Å². The van der Waals surface area contributed by atoms with Gasteiger partial charge in [-0.1, -0.05) is 40.9 Å². The van der Waals surface area contributed by atoms with E-state index in [1.165, 1.54) is 0 Å². The SMILES string of the molecule is Cc1cccc(-c2nnc(-c3cc(Cl)ccc3Cl)o2)c1. The highest BCUT2D eigenvalue weighted by molar-refractivity contribution is 6.35. The van der Waals surface area contributed by atoms with Crippen LogP contribution in [0, 0.1) is 6.92 Å². The van der Waals surface area contributed by atoms with E-state index < -0.39 is 0 Å². The summed E-state index contributed by atoms with van der Waals surface area (Å²) < 4.78 is 5.68. The molecule has 3 aromatic rings. The highest BCUT2D eigenvalue weighted by Crippen LogP contribution is 2.31. The van der Waals surface area contributed by atoms with E-state index in [-0.39, 0.29) is 0 Å². The Balaban J connectivity index is 2.04. The third-order valence-electron chi connectivity index (χ3n) is 2.85. The molecule has 0 fully saturated rings. The van der Waals surface area contributed by atoms with Crippen LogP contribution in [-0.2, 0) is 0 Å². The molecule has 3 rings (SSSR count). The molecule has 0 aliphatic rings. The maximum Gasteiger partial charge on any atom is 0.249 e. The summed E-state index contributed by atoms with van der Waals surface area (Å²) in [5.74, 6) is 0.814. The molecular weight excluding hydrogens is 295 g/mol. The van der Waals surface area contributed by atoms with Crippen molar-refractivity contribution in [3.8, 4) is 22.9 Å². The van der Waals surface area contributed by atoms with Crippen molar-refractivity contribution in [2.24, 2.45) is 0 Å². The summed E-state index contributed by atoms with van der Waals surface area (Å²) in [6.07, 6.45) is 0. The number of halogens is 2. The van der Waals surface area contributed by atoms with E-state index in [0.29, 0.717) is 27.4 Å². The number of aryl methyl sites for hydroxylation is 1. The largest absolute Gasteiger partial charge is 0.416 e. The number of benzene rings is 2. The van der Waals surface area contributed by atoms with E-state index in [4.69, 9.17) is 27.6 Å². The lowest BCUT2D eigenvalue weighted by Crippen LogP contribution is -1.79. The van der Waals surface area contributed by atoms with Gasteiger partial charge >= 0.3 is 0 Å². The van der Waals surface area contributed by atoms with Crippen molar-refractivity contribution in [3.05, 3.63) is 58.1 Å². The second kappa shape index (κ2) is 5.27. The first-order valence-corrected chi connectivity index (χ1v) is 6.75. The predicted octanol–water partition coefficient (Wildman–Crippen LogP) is 5.02. The van der Waals surface area contributed by atoms with Gasteiger partial charge in [0.25, 0.3) is 0 Å². The van der Waals surface area contributed by atoms with Gasteiger partial charge in [-0.25, -0.2) is 0 Å². The van der Waals surface area contributed by atoms with Crippen molar-refractivity contribution in [3.63, 3.8) is 0 Å². The van der Waals surface area contributed by atoms with Crippen molar-refractivity contribution < 1.29 is 4.42 Å². The molecule has 1 heterocycles. The highest BCUT2D eigenvalue weighted by atomic mass is 35.5. The summed E-state index contributed by atoms with van der Waals surface area (Å²) in [5, 5.41) is 9.18. The van der Waals surface area contributed by atoms with Gasteiger partial charge in [0, 0.05) is 10.6 Å². The zero-order valence-corrected chi connectivity index (χ0v) is 12.1. The normalized spacial score (nSPS) is 10.8. The lowest BCUT2D eigenvalue weighted by atomic mass is 10.1. The van der Waals surface area contributed by atoms with E-state index in [9.17, 15) is 0 Å². The Bertz CT molecular complexity index is 768. The summed E-state index contributed by atoms with van der Waals surface area (Å²) in [6.45, 7) is 2.01. The molecular formula is C15H10Cl2N2O. The quantitative estimate of drug-likeness (QED) is 0.667. The number of nitrogens with zero attached hydrogens (tertiary/aromatic N) is 2. The summed E-state index contributed by atoms with van der Waals surface area (Å²) >= 11 is 12.1. The number of hydrogen-bond donors (Lipinski definition) is 0. The first kappa shape index (κ1) is 13.2. The Kier molecular flexibility index (Phi) is 3.47. The highest BCUT2D eigenvalue weighted by Gasteiger charge is 2.13. The lowest BCUT2D eigenvalue weighted by Gasteiger charge is -1.99. The van der Waals surface area contributed by atoms with E-state index in [1.54, 1.807) is 18.2 Å². The fraction of sp³-hybridized carbons (Fsp3) is 0.0667. The fourth-order valence-electron chi connectivity index (χ4n) is 1.89. The number of rotatable bonds is 2. The molecule has 0 aliphatic carbocycles. The van der Waals surface area contributed by atoms with Crippen LogP contribution in [0.3, 0.4) is 0 Å². The minimum Gasteiger partial charge on any atom is -0.416 e. The average molecular weight is 305 g/mol. The molecule has 0 unspecified atom stereocenters. The van der Waals surface area contributed by atoms with Gasteiger partial charge in [-0.05, 0) is 37.3 Å². The van der Waals surface area contributed by atoms with E-state index in [0.717, 1.165) is 11.1 Å². The standard InChI is InChI=1S/C15H10Cl2N2O/c1-9-3-2-4-10(7-9)14-18-19-15(20-14)12-8-11(16)5-6-13(12)17/h2-8H,1H3. The molecule has 0 saturated carbocycles. The molecule has 0 radical (unpaired) electrons. The Hall–Kier alpha value is -1.84. The minimum atomic E-state index is 0.356. The first-order valence-electron chi connectivity index (χ1n) is 5.99. The van der Waals surface area contributed by atoms with Crippen LogP contribution < -0.4 is 0 Å². The number of aromatic nitrogens is 2. The molecule has 0 atom stereocenters. The third kappa shape index (κ3) is 2.55. The average Bonchev–Trinajstić information content (AvgIpc) is 2.91. The molecule has 1 aromatic heterocycles. The van der Waals surface area contributed by atoms with Crippen LogP contribution in [0.5, 0.6) is 0 Å². The number of hydrogen-bond acceptors (Lipinski definition) is 3. The molecule has 100 valence electrons. The molecule has 0 aliphatic heterocycles. The van der Waals surface area contributed by atoms with Crippen molar-refractivity contribution >= 4 is 23.2 Å². The van der Waals surface area contributed by atoms with Gasteiger partial charge in [0.1, 0.15) is 0 Å². The molecule has 0 spiro atoms. The first-order chi connectivity index (χ1) is 9.63. The van der Waals surface area contributed by atoms with Crippen molar-refractivity contribution in [1.29, 1.82) is 0 Å². The van der Waals surface area contributed by atoms with Gasteiger partial charge in [0.15, 0.2) is 0 Å². The molecule has 5 heteroatoms. The van der Waals surface area contributed by atoms with Crippen LogP contribution in [0.25, 0.3) is 22.9 Å². The zero-order valence-electron chi connectivity index (χ0n) is 10.6. The molecule has 2 aromatic carbocycles. The van der Waals surface area contributed by atoms with E-state index in [2.05, 4.69) is 10.2 Å². The van der Waals surface area contributed by atoms with Crippen LogP contribution in [0.1, 0.15) is 5.56 Å². The topological polar surface area (TPSA) is 38.9 Å². The molecule has 0 saturated heterocycles. The second-order valence-corrected chi connectivity index (χ2v) is 5.25. The molecule has 3 nitrogen and oxygen atoms in total. The maximum atomic E-state index is 6.12. The third-order valence-corrected chi connectivity index (χ3v) is 3.41. The summed E-state index contributed by atoms with van der Waals surface area (Å²) in [5.41, 5.74) is 2.63. The monoisotopic (exact) mass is 304 g/mol. The van der Waals surface area contributed by atoms with Gasteiger partial charge in [0.2, 0.25) is 11.8 Å². The van der Waals surface area contributed by atoms with E-state index in [1.807, 2.05) is 31.2 Å². The van der Waals surface area contributed by atoms with Gasteiger partial charge in [-0.15, -0.1) is 10.2 Å². The van der Waals surface area contributed by atoms with Crippen LogP contribution >= 0.6 is 23.2 Å². The van der Waals surface area contributed by atoms with Crippen LogP contribution in [0.2, 0.25) is 10.0 Å². The summed E-state index contributed by atoms with van der Waals surface area (Å²) in [7, 11) is 0. The summed E-state index contributed by atoms with van der Waals surface area (Å²) in [4.78, 5) is 0. The fourth-order valence-corrected chi connectivity index (χ4v) is 2.26. The molecule has 0 amide bonds. The smallest absolute Gasteiger partial charge is 0.249 e. The van der Waals surface area contributed by atoms with Crippen molar-refractivity contribution in [1.82, 2.24) is 10.2 Å². The Morgan fingerprint density at radius 1 is 0.950 bits per heavy atom. The van der Waals surface area contributed by atoms with E-state index >= 15 is 0 Å². The second-order valence-electron chi connectivity index (χ2n) is 4.41. The van der Waals surface area contributed by atoms with Gasteiger partial charge < -0.3 is 4.42 Å². The van der Waals surface area contributed by atoms with Crippen molar-refractivity contribution in [2.75, 3.05) is 0 Å². The van der Waals surface area contributed by atoms with Gasteiger partial charge in [0.05, 0.1) is 10.6 Å². The molecule has 0 bridgehead atoms. The molecule has 20 heavy (non-hydrogen) atoms. The Labute approximate surface area is 126 Å². The van der Waals surface area contributed by atoms with Crippen molar-refractivity contribution in [2.45, 2.75) is 6.92 Å². The van der Waals surface area contributed by atoms with Crippen LogP contribution in [-0.4, -0.2) is 10.2 Å². The zero-order chi connectivity index (χ0) is 14.1. The van der Waals surface area contributed by atoms with Gasteiger partial charge in [-0.2, -0.15) is 0 Å². The maximum absolute atomic E-state index is 6.12. The lowest BCUT2D eigenvalue weighted by molar-refractivity contribution is 0.584. The Morgan fingerprint density at radius 2 is 1.75 bits per heavy atom. The van der Waals surface area contributed by atoms with Crippen LogP contribution in [0.15, 0.2) is 46.9 Å².